The molecule has 1 aromatic carbocycles. The van der Waals surface area contributed by atoms with E-state index >= 15 is 0 Å². The lowest BCUT2D eigenvalue weighted by Crippen LogP contribution is -2.33. The number of benzene rings is 1. The van der Waals surface area contributed by atoms with Gasteiger partial charge in [-0.3, -0.25) is 15.0 Å². The number of hydrogen-bond donors (Lipinski definition) is 1. The summed E-state index contributed by atoms with van der Waals surface area (Å²) in [6, 6.07) is 8.87. The van der Waals surface area contributed by atoms with E-state index in [1.165, 1.54) is 18.3 Å². The van der Waals surface area contributed by atoms with Crippen molar-refractivity contribution in [2.24, 2.45) is 0 Å². The van der Waals surface area contributed by atoms with Crippen molar-refractivity contribution >= 4 is 17.6 Å². The van der Waals surface area contributed by atoms with Crippen molar-refractivity contribution in [3.63, 3.8) is 0 Å². The molecule has 3 rings (SSSR count). The van der Waals surface area contributed by atoms with E-state index in [0.29, 0.717) is 19.6 Å². The predicted molar refractivity (Wildman–Crippen MR) is 100 cm³/mol. The van der Waals surface area contributed by atoms with Gasteiger partial charge in [0.25, 0.3) is 0 Å². The van der Waals surface area contributed by atoms with Crippen LogP contribution in [-0.2, 0) is 24.4 Å². The Bertz CT molecular complexity index is 876. The van der Waals surface area contributed by atoms with Crippen molar-refractivity contribution in [3.8, 4) is 0 Å². The number of hydrogen-bond acceptors (Lipinski definition) is 6. The molecular weight excluding hydrogens is 348 g/mol. The van der Waals surface area contributed by atoms with Gasteiger partial charge >= 0.3 is 11.8 Å². The Morgan fingerprint density at radius 2 is 2.04 bits per heavy atom. The molecule has 0 bridgehead atoms. The summed E-state index contributed by atoms with van der Waals surface area (Å²) in [6.45, 7) is 6.93. The molecule has 0 saturated heterocycles. The fourth-order valence-electron chi connectivity index (χ4n) is 2.88. The molecule has 0 spiro atoms. The van der Waals surface area contributed by atoms with E-state index < -0.39 is 10.5 Å². The molecule has 2 aromatic rings. The number of amides is 1. The van der Waals surface area contributed by atoms with Crippen molar-refractivity contribution < 1.29 is 14.5 Å². The van der Waals surface area contributed by atoms with Crippen molar-refractivity contribution in [1.29, 1.82) is 0 Å². The average molecular weight is 370 g/mol. The number of carbonyl (C=O) groups excluding carboxylic acids is 1. The van der Waals surface area contributed by atoms with Crippen LogP contribution in [0, 0.1) is 10.1 Å². The molecule has 0 atom stereocenters. The maximum atomic E-state index is 12.2. The van der Waals surface area contributed by atoms with Gasteiger partial charge in [0.05, 0.1) is 4.92 Å². The van der Waals surface area contributed by atoms with Gasteiger partial charge in [-0.15, -0.1) is 0 Å². The van der Waals surface area contributed by atoms with Crippen LogP contribution in [0.5, 0.6) is 0 Å². The molecule has 0 aliphatic carbocycles. The lowest BCUT2D eigenvalue weighted by Gasteiger charge is -2.24. The minimum atomic E-state index is -0.529. The van der Waals surface area contributed by atoms with Crippen LogP contribution in [-0.4, -0.2) is 26.5 Å². The van der Waals surface area contributed by atoms with Crippen molar-refractivity contribution in [1.82, 2.24) is 9.88 Å². The Labute approximate surface area is 157 Å². The molecule has 0 radical (unpaired) electrons. The largest absolute Gasteiger partial charge is 0.444 e. The molecule has 1 aromatic heterocycles. The normalized spacial score (nSPS) is 13.2. The van der Waals surface area contributed by atoms with E-state index in [1.54, 1.807) is 4.90 Å². The number of anilines is 1. The van der Waals surface area contributed by atoms with Crippen LogP contribution in [0.25, 0.3) is 0 Å². The second-order valence-corrected chi connectivity index (χ2v) is 7.42. The zero-order valence-electron chi connectivity index (χ0n) is 15.6. The molecular formula is C19H22N4O4. The summed E-state index contributed by atoms with van der Waals surface area (Å²) in [6.07, 6.45) is 1.18. The first kappa shape index (κ1) is 18.6. The maximum Gasteiger partial charge on any atom is 0.410 e. The average Bonchev–Trinajstić information content (AvgIpc) is 3.02. The van der Waals surface area contributed by atoms with Crippen LogP contribution in [0.15, 0.2) is 36.5 Å². The highest BCUT2D eigenvalue weighted by molar-refractivity contribution is 5.69. The molecule has 2 heterocycles. The van der Waals surface area contributed by atoms with E-state index in [4.69, 9.17) is 4.74 Å². The highest BCUT2D eigenvalue weighted by atomic mass is 16.6. The SMILES string of the molecule is CC(C)(C)OC(=O)N1Cc2ccc(CNc3ncccc3[N+](=O)[O-])cc2C1. The third kappa shape index (κ3) is 4.52. The topological polar surface area (TPSA) is 97.6 Å². The summed E-state index contributed by atoms with van der Waals surface area (Å²) in [7, 11) is 0. The quantitative estimate of drug-likeness (QED) is 0.648. The van der Waals surface area contributed by atoms with Gasteiger partial charge in [0, 0.05) is 31.9 Å². The summed E-state index contributed by atoms with van der Waals surface area (Å²) in [4.78, 5) is 28.5. The second-order valence-electron chi connectivity index (χ2n) is 7.42. The predicted octanol–water partition coefficient (Wildman–Crippen LogP) is 3.85. The summed E-state index contributed by atoms with van der Waals surface area (Å²) in [5.41, 5.74) is 2.50. The van der Waals surface area contributed by atoms with Crippen LogP contribution in [0.2, 0.25) is 0 Å². The Kier molecular flexibility index (Phi) is 4.98. The molecule has 1 aliphatic heterocycles. The van der Waals surface area contributed by atoms with E-state index in [1.807, 2.05) is 39.0 Å². The number of rotatable bonds is 4. The first-order valence-electron chi connectivity index (χ1n) is 8.65. The van der Waals surface area contributed by atoms with Crippen LogP contribution < -0.4 is 5.32 Å². The number of nitrogens with zero attached hydrogens (tertiary/aromatic N) is 3. The van der Waals surface area contributed by atoms with Crippen LogP contribution >= 0.6 is 0 Å². The number of ether oxygens (including phenoxy) is 1. The van der Waals surface area contributed by atoms with Gasteiger partial charge in [0.2, 0.25) is 5.82 Å². The lowest BCUT2D eigenvalue weighted by atomic mass is 10.1. The molecule has 0 saturated carbocycles. The van der Waals surface area contributed by atoms with Crippen molar-refractivity contribution in [2.45, 2.75) is 46.0 Å². The summed E-state index contributed by atoms with van der Waals surface area (Å²) >= 11 is 0. The number of carbonyl (C=O) groups is 1. The highest BCUT2D eigenvalue weighted by Crippen LogP contribution is 2.26. The Balaban J connectivity index is 1.66. The smallest absolute Gasteiger partial charge is 0.410 e. The molecule has 27 heavy (non-hydrogen) atoms. The zero-order chi connectivity index (χ0) is 19.6. The molecule has 8 nitrogen and oxygen atoms in total. The summed E-state index contributed by atoms with van der Waals surface area (Å²) in [5.74, 6) is 0.235. The summed E-state index contributed by atoms with van der Waals surface area (Å²) < 4.78 is 5.43. The Morgan fingerprint density at radius 3 is 2.74 bits per heavy atom. The fraction of sp³-hybridized carbons (Fsp3) is 0.368. The number of pyridine rings is 1. The monoisotopic (exact) mass is 370 g/mol. The van der Waals surface area contributed by atoms with Gasteiger partial charge in [-0.2, -0.15) is 0 Å². The van der Waals surface area contributed by atoms with E-state index in [2.05, 4.69) is 10.3 Å². The Hall–Kier alpha value is -3.16. The molecule has 0 fully saturated rings. The van der Waals surface area contributed by atoms with Gasteiger partial charge < -0.3 is 10.1 Å². The van der Waals surface area contributed by atoms with Gasteiger partial charge in [-0.25, -0.2) is 9.78 Å². The van der Waals surface area contributed by atoms with Crippen LogP contribution in [0.1, 0.15) is 37.5 Å². The molecule has 8 heteroatoms. The standard InChI is InChI=1S/C19H22N4O4/c1-19(2,3)27-18(24)22-11-14-7-6-13(9-15(14)12-22)10-21-17-16(23(25)26)5-4-8-20-17/h4-9H,10-12H2,1-3H3,(H,20,21). The van der Waals surface area contributed by atoms with Gasteiger partial charge in [0.1, 0.15) is 5.60 Å². The number of aromatic nitrogens is 1. The van der Waals surface area contributed by atoms with Gasteiger partial charge in [-0.05, 0) is 43.5 Å². The van der Waals surface area contributed by atoms with E-state index in [0.717, 1.165) is 16.7 Å². The third-order valence-corrected chi connectivity index (χ3v) is 4.09. The Morgan fingerprint density at radius 1 is 1.30 bits per heavy atom. The minimum absolute atomic E-state index is 0.0604. The lowest BCUT2D eigenvalue weighted by molar-refractivity contribution is -0.384. The van der Waals surface area contributed by atoms with Crippen molar-refractivity contribution in [2.75, 3.05) is 5.32 Å². The van der Waals surface area contributed by atoms with Gasteiger partial charge in [0.15, 0.2) is 0 Å². The first-order valence-corrected chi connectivity index (χ1v) is 8.65. The molecule has 0 unspecified atom stereocenters. The minimum Gasteiger partial charge on any atom is -0.444 e. The number of nitrogens with one attached hydrogen (secondary N) is 1. The summed E-state index contributed by atoms with van der Waals surface area (Å²) in [5, 5.41) is 14.1. The van der Waals surface area contributed by atoms with E-state index in [-0.39, 0.29) is 17.6 Å². The molecule has 1 N–H and O–H groups in total. The van der Waals surface area contributed by atoms with Crippen molar-refractivity contribution in [3.05, 3.63) is 63.3 Å². The second kappa shape index (κ2) is 7.22. The van der Waals surface area contributed by atoms with Crippen LogP contribution in [0.4, 0.5) is 16.3 Å². The molecule has 142 valence electrons. The number of fused-ring (bicyclic) bond motifs is 1. The highest BCUT2D eigenvalue weighted by Gasteiger charge is 2.27. The molecule has 1 aliphatic rings. The fourth-order valence-corrected chi connectivity index (χ4v) is 2.88. The zero-order valence-corrected chi connectivity index (χ0v) is 15.6. The van der Waals surface area contributed by atoms with Crippen LogP contribution in [0.3, 0.4) is 0 Å². The third-order valence-electron chi connectivity index (χ3n) is 4.09. The number of nitro groups is 1. The van der Waals surface area contributed by atoms with E-state index in [9.17, 15) is 14.9 Å². The maximum absolute atomic E-state index is 12.2. The van der Waals surface area contributed by atoms with Gasteiger partial charge in [-0.1, -0.05) is 18.2 Å². The molecule has 1 amide bonds. The first-order chi connectivity index (χ1) is 12.7.